The van der Waals surface area contributed by atoms with Gasteiger partial charge in [-0.05, 0) is 43.2 Å². The summed E-state index contributed by atoms with van der Waals surface area (Å²) in [5, 5.41) is 3.55. The minimum atomic E-state index is -0.153. The van der Waals surface area contributed by atoms with Crippen LogP contribution in [0.5, 0.6) is 5.75 Å². The van der Waals surface area contributed by atoms with E-state index in [4.69, 9.17) is 16.3 Å². The van der Waals surface area contributed by atoms with Crippen LogP contribution in [0, 0.1) is 0 Å². The number of hydrogen-bond acceptors (Lipinski definition) is 4. The number of benzene rings is 2. The van der Waals surface area contributed by atoms with E-state index in [-0.39, 0.29) is 24.8 Å². The molecule has 0 radical (unpaired) electrons. The lowest BCUT2D eigenvalue weighted by Crippen LogP contribution is -2.40. The number of fused-ring (bicyclic) bond motifs is 1. The van der Waals surface area contributed by atoms with Gasteiger partial charge in [-0.3, -0.25) is 9.59 Å². The number of carbonyl (C=O) groups excluding carboxylic acids is 2. The molecule has 1 N–H and O–H groups in total. The molecule has 1 saturated heterocycles. The Morgan fingerprint density at radius 3 is 2.71 bits per heavy atom. The van der Waals surface area contributed by atoms with E-state index in [0.717, 1.165) is 31.6 Å². The number of para-hydroxylation sites is 2. The molecule has 0 bridgehead atoms. The van der Waals surface area contributed by atoms with E-state index in [1.807, 2.05) is 36.4 Å². The summed E-state index contributed by atoms with van der Waals surface area (Å²) in [6.07, 6.45) is 2.48. The molecular formula is C21H22ClN3O3. The second kappa shape index (κ2) is 8.10. The van der Waals surface area contributed by atoms with Crippen LogP contribution in [-0.2, 0) is 9.59 Å². The number of ether oxygens (including phenoxy) is 1. The Kier molecular flexibility index (Phi) is 5.39. The maximum absolute atomic E-state index is 12.6. The molecule has 2 amide bonds. The van der Waals surface area contributed by atoms with E-state index in [0.29, 0.717) is 28.7 Å². The fourth-order valence-electron chi connectivity index (χ4n) is 3.67. The number of nitrogens with zero attached hydrogens (tertiary/aromatic N) is 2. The molecule has 2 aliphatic rings. The number of carbonyl (C=O) groups is 2. The smallest absolute Gasteiger partial charge is 0.265 e. The third kappa shape index (κ3) is 3.92. The number of rotatable bonds is 5. The third-order valence-electron chi connectivity index (χ3n) is 5.05. The van der Waals surface area contributed by atoms with Gasteiger partial charge >= 0.3 is 0 Å². The molecule has 0 aliphatic carbocycles. The first-order valence-corrected chi connectivity index (χ1v) is 9.86. The van der Waals surface area contributed by atoms with Crippen molar-refractivity contribution in [2.24, 2.45) is 0 Å². The van der Waals surface area contributed by atoms with Crippen LogP contribution in [-0.4, -0.2) is 38.1 Å². The van der Waals surface area contributed by atoms with Gasteiger partial charge in [0, 0.05) is 31.1 Å². The van der Waals surface area contributed by atoms with E-state index in [1.165, 1.54) is 0 Å². The van der Waals surface area contributed by atoms with E-state index in [2.05, 4.69) is 10.2 Å². The van der Waals surface area contributed by atoms with Gasteiger partial charge in [-0.2, -0.15) is 0 Å². The number of halogens is 1. The molecule has 7 heteroatoms. The monoisotopic (exact) mass is 399 g/mol. The minimum Gasteiger partial charge on any atom is -0.482 e. The topological polar surface area (TPSA) is 61.9 Å². The third-order valence-corrected chi connectivity index (χ3v) is 5.29. The van der Waals surface area contributed by atoms with Crippen molar-refractivity contribution in [3.05, 3.63) is 47.5 Å². The quantitative estimate of drug-likeness (QED) is 0.832. The molecule has 2 aromatic carbocycles. The molecule has 0 spiro atoms. The first kappa shape index (κ1) is 18.6. The molecule has 0 atom stereocenters. The van der Waals surface area contributed by atoms with Crippen LogP contribution in [0.2, 0.25) is 5.02 Å². The van der Waals surface area contributed by atoms with Crippen LogP contribution >= 0.6 is 11.6 Å². The van der Waals surface area contributed by atoms with E-state index < -0.39 is 0 Å². The summed E-state index contributed by atoms with van der Waals surface area (Å²) < 4.78 is 5.44. The van der Waals surface area contributed by atoms with Crippen molar-refractivity contribution in [2.45, 2.75) is 19.3 Å². The second-order valence-corrected chi connectivity index (χ2v) is 7.39. The Labute approximate surface area is 169 Å². The number of anilines is 3. The van der Waals surface area contributed by atoms with Gasteiger partial charge in [-0.1, -0.05) is 23.7 Å². The van der Waals surface area contributed by atoms with Crippen LogP contribution in [0.15, 0.2) is 42.5 Å². The lowest BCUT2D eigenvalue weighted by Gasteiger charge is -2.29. The highest BCUT2D eigenvalue weighted by Gasteiger charge is 2.25. The van der Waals surface area contributed by atoms with Crippen LogP contribution in [0.3, 0.4) is 0 Å². The Hall–Kier alpha value is -2.73. The molecule has 0 aromatic heterocycles. The summed E-state index contributed by atoms with van der Waals surface area (Å²) in [7, 11) is 0. The van der Waals surface area contributed by atoms with Gasteiger partial charge in [0.25, 0.3) is 5.91 Å². The van der Waals surface area contributed by atoms with E-state index in [1.54, 1.807) is 11.0 Å². The van der Waals surface area contributed by atoms with Gasteiger partial charge in [0.15, 0.2) is 6.61 Å². The minimum absolute atomic E-state index is 0.00790. The van der Waals surface area contributed by atoms with Crippen LogP contribution in [0.1, 0.15) is 19.3 Å². The maximum atomic E-state index is 12.6. The van der Waals surface area contributed by atoms with Crippen molar-refractivity contribution in [3.63, 3.8) is 0 Å². The van der Waals surface area contributed by atoms with Crippen molar-refractivity contribution in [2.75, 3.05) is 41.4 Å². The largest absolute Gasteiger partial charge is 0.482 e. The molecule has 2 aliphatic heterocycles. The standard InChI is InChI=1S/C21H22ClN3O3/c22-15-7-8-17(24-10-3-4-11-24)16(13-15)23-20(26)9-12-25-18-5-1-2-6-19(18)28-14-21(25)27/h1-2,5-8,13H,3-4,9-12,14H2,(H,23,26). The van der Waals surface area contributed by atoms with Crippen molar-refractivity contribution in [1.29, 1.82) is 0 Å². The molecule has 146 valence electrons. The van der Waals surface area contributed by atoms with Gasteiger partial charge in [-0.15, -0.1) is 0 Å². The summed E-state index contributed by atoms with van der Waals surface area (Å²) in [5.41, 5.74) is 2.41. The van der Waals surface area contributed by atoms with Gasteiger partial charge < -0.3 is 19.9 Å². The van der Waals surface area contributed by atoms with Gasteiger partial charge in [0.05, 0.1) is 17.1 Å². The highest BCUT2D eigenvalue weighted by Crippen LogP contribution is 2.33. The molecule has 2 aromatic rings. The SMILES string of the molecule is O=C(CCN1C(=O)COc2ccccc21)Nc1cc(Cl)ccc1N1CCCC1. The van der Waals surface area contributed by atoms with Crippen LogP contribution in [0.4, 0.5) is 17.1 Å². The van der Waals surface area contributed by atoms with Gasteiger partial charge in [-0.25, -0.2) is 0 Å². The average Bonchev–Trinajstić information content (AvgIpc) is 3.22. The molecule has 2 heterocycles. The Morgan fingerprint density at radius 1 is 1.11 bits per heavy atom. The predicted octanol–water partition coefficient (Wildman–Crippen LogP) is 3.69. The summed E-state index contributed by atoms with van der Waals surface area (Å²) in [6.45, 7) is 2.24. The fraction of sp³-hybridized carbons (Fsp3) is 0.333. The number of amides is 2. The zero-order valence-corrected chi connectivity index (χ0v) is 16.2. The molecular weight excluding hydrogens is 378 g/mol. The molecule has 0 unspecified atom stereocenters. The second-order valence-electron chi connectivity index (χ2n) is 6.96. The average molecular weight is 400 g/mol. The predicted molar refractivity (Wildman–Crippen MR) is 110 cm³/mol. The fourth-order valence-corrected chi connectivity index (χ4v) is 3.84. The van der Waals surface area contributed by atoms with Crippen molar-refractivity contribution < 1.29 is 14.3 Å². The summed E-state index contributed by atoms with van der Waals surface area (Å²) in [6, 6.07) is 12.9. The van der Waals surface area contributed by atoms with Gasteiger partial charge in [0.1, 0.15) is 5.75 Å². The summed E-state index contributed by atoms with van der Waals surface area (Å²) in [4.78, 5) is 28.7. The maximum Gasteiger partial charge on any atom is 0.265 e. The zero-order chi connectivity index (χ0) is 19.5. The Morgan fingerprint density at radius 2 is 1.89 bits per heavy atom. The first-order chi connectivity index (χ1) is 13.6. The van der Waals surface area contributed by atoms with Crippen molar-refractivity contribution >= 4 is 40.5 Å². The summed E-state index contributed by atoms with van der Waals surface area (Å²) in [5.74, 6) is 0.361. The van der Waals surface area contributed by atoms with E-state index in [9.17, 15) is 9.59 Å². The normalized spacial score (nSPS) is 16.0. The van der Waals surface area contributed by atoms with Crippen molar-refractivity contribution in [1.82, 2.24) is 0 Å². The zero-order valence-electron chi connectivity index (χ0n) is 15.5. The van der Waals surface area contributed by atoms with Crippen molar-refractivity contribution in [3.8, 4) is 5.75 Å². The number of hydrogen-bond donors (Lipinski definition) is 1. The highest BCUT2D eigenvalue weighted by atomic mass is 35.5. The molecule has 4 rings (SSSR count). The number of nitrogens with one attached hydrogen (secondary N) is 1. The lowest BCUT2D eigenvalue weighted by atomic mass is 10.2. The highest BCUT2D eigenvalue weighted by molar-refractivity contribution is 6.31. The van der Waals surface area contributed by atoms with E-state index >= 15 is 0 Å². The summed E-state index contributed by atoms with van der Waals surface area (Å²) >= 11 is 6.14. The first-order valence-electron chi connectivity index (χ1n) is 9.48. The lowest BCUT2D eigenvalue weighted by molar-refractivity contribution is -0.121. The van der Waals surface area contributed by atoms with Crippen LogP contribution in [0.25, 0.3) is 0 Å². The molecule has 28 heavy (non-hydrogen) atoms. The Balaban J connectivity index is 1.44. The van der Waals surface area contributed by atoms with Gasteiger partial charge in [0.2, 0.25) is 5.91 Å². The molecule has 6 nitrogen and oxygen atoms in total. The van der Waals surface area contributed by atoms with Crippen LogP contribution < -0.4 is 19.9 Å². The Bertz CT molecular complexity index is 896. The molecule has 1 fully saturated rings. The molecule has 0 saturated carbocycles.